The van der Waals surface area contributed by atoms with Gasteiger partial charge in [0.15, 0.2) is 0 Å². The molecule has 1 aromatic carbocycles. The number of hydrogen-bond acceptors (Lipinski definition) is 4. The average Bonchev–Trinajstić information content (AvgIpc) is 3.10. The van der Waals surface area contributed by atoms with E-state index in [0.717, 1.165) is 30.6 Å². The highest BCUT2D eigenvalue weighted by Gasteiger charge is 2.78. The summed E-state index contributed by atoms with van der Waals surface area (Å²) in [7, 11) is 1.62. The maximum atomic E-state index is 12.5. The van der Waals surface area contributed by atoms with Crippen molar-refractivity contribution in [3.05, 3.63) is 29.8 Å². The molecule has 4 heteroatoms. The summed E-state index contributed by atoms with van der Waals surface area (Å²) in [5, 5.41) is 0. The van der Waals surface area contributed by atoms with Crippen LogP contribution in [0.1, 0.15) is 38.7 Å². The molecule has 0 N–H and O–H groups in total. The Kier molecular flexibility index (Phi) is 3.01. The Balaban J connectivity index is 1.92. The SMILES string of the molecule is COc1ccc(C2(C(=O)OC(C)C)OC23CCC3)cc1. The lowest BCUT2D eigenvalue weighted by atomic mass is 9.73. The largest absolute Gasteiger partial charge is 0.497 e. The highest BCUT2D eigenvalue weighted by atomic mass is 16.7. The fraction of sp³-hybridized carbons (Fsp3) is 0.562. The molecule has 1 atom stereocenters. The van der Waals surface area contributed by atoms with Gasteiger partial charge >= 0.3 is 5.97 Å². The van der Waals surface area contributed by atoms with Crippen molar-refractivity contribution in [2.24, 2.45) is 0 Å². The first-order chi connectivity index (χ1) is 9.54. The Hall–Kier alpha value is -1.55. The van der Waals surface area contributed by atoms with Crippen molar-refractivity contribution in [1.29, 1.82) is 0 Å². The molecule has 1 aliphatic heterocycles. The summed E-state index contributed by atoms with van der Waals surface area (Å²) in [4.78, 5) is 12.5. The molecule has 20 heavy (non-hydrogen) atoms. The Morgan fingerprint density at radius 2 is 1.90 bits per heavy atom. The van der Waals surface area contributed by atoms with E-state index < -0.39 is 5.60 Å². The molecule has 1 unspecified atom stereocenters. The van der Waals surface area contributed by atoms with Crippen LogP contribution in [-0.4, -0.2) is 24.8 Å². The highest BCUT2D eigenvalue weighted by molar-refractivity contribution is 5.87. The van der Waals surface area contributed by atoms with Crippen molar-refractivity contribution in [3.8, 4) is 5.75 Å². The van der Waals surface area contributed by atoms with E-state index >= 15 is 0 Å². The first-order valence-corrected chi connectivity index (χ1v) is 7.10. The number of rotatable bonds is 4. The van der Waals surface area contributed by atoms with E-state index in [1.807, 2.05) is 38.1 Å². The van der Waals surface area contributed by atoms with Crippen LogP contribution in [0.15, 0.2) is 24.3 Å². The van der Waals surface area contributed by atoms with Gasteiger partial charge in [0.1, 0.15) is 11.4 Å². The molecule has 0 aromatic heterocycles. The molecule has 108 valence electrons. The molecule has 0 amide bonds. The maximum Gasteiger partial charge on any atom is 0.346 e. The van der Waals surface area contributed by atoms with Gasteiger partial charge in [0.05, 0.1) is 13.2 Å². The molecule has 4 nitrogen and oxygen atoms in total. The summed E-state index contributed by atoms with van der Waals surface area (Å²) in [6.07, 6.45) is 2.81. The summed E-state index contributed by atoms with van der Waals surface area (Å²) in [5.74, 6) is 0.502. The number of epoxide rings is 1. The zero-order chi connectivity index (χ0) is 14.4. The molecule has 1 saturated carbocycles. The molecule has 1 aromatic rings. The Morgan fingerprint density at radius 1 is 1.25 bits per heavy atom. The van der Waals surface area contributed by atoms with Gasteiger partial charge in [-0.15, -0.1) is 0 Å². The van der Waals surface area contributed by atoms with E-state index in [4.69, 9.17) is 14.2 Å². The fourth-order valence-electron chi connectivity index (χ4n) is 3.01. The lowest BCUT2D eigenvalue weighted by Gasteiger charge is -2.26. The van der Waals surface area contributed by atoms with Crippen LogP contribution >= 0.6 is 0 Å². The third kappa shape index (κ3) is 1.74. The van der Waals surface area contributed by atoms with Crippen LogP contribution in [0, 0.1) is 0 Å². The Bertz CT molecular complexity index is 516. The molecule has 1 spiro atoms. The van der Waals surface area contributed by atoms with Crippen molar-refractivity contribution >= 4 is 5.97 Å². The van der Waals surface area contributed by atoms with E-state index in [1.165, 1.54) is 0 Å². The lowest BCUT2D eigenvalue weighted by Crippen LogP contribution is -2.38. The fourth-order valence-corrected chi connectivity index (χ4v) is 3.01. The van der Waals surface area contributed by atoms with E-state index in [9.17, 15) is 4.79 Å². The van der Waals surface area contributed by atoms with Gasteiger partial charge in [-0.1, -0.05) is 12.1 Å². The highest BCUT2D eigenvalue weighted by Crippen LogP contribution is 2.66. The molecule has 1 aliphatic carbocycles. The molecular formula is C16H20O4. The van der Waals surface area contributed by atoms with Crippen molar-refractivity contribution in [2.75, 3.05) is 7.11 Å². The predicted octanol–water partition coefficient (Wildman–Crippen LogP) is 2.80. The number of benzene rings is 1. The molecule has 0 radical (unpaired) electrons. The second-order valence-electron chi connectivity index (χ2n) is 5.81. The lowest BCUT2D eigenvalue weighted by molar-refractivity contribution is -0.154. The zero-order valence-corrected chi connectivity index (χ0v) is 12.1. The van der Waals surface area contributed by atoms with Crippen LogP contribution in [0.3, 0.4) is 0 Å². The van der Waals surface area contributed by atoms with Gasteiger partial charge in [-0.3, -0.25) is 0 Å². The molecule has 1 saturated heterocycles. The Labute approximate surface area is 119 Å². The number of hydrogen-bond donors (Lipinski definition) is 0. The maximum absolute atomic E-state index is 12.5. The molecular weight excluding hydrogens is 256 g/mol. The van der Waals surface area contributed by atoms with E-state index in [0.29, 0.717) is 0 Å². The van der Waals surface area contributed by atoms with Crippen LogP contribution in [0.4, 0.5) is 0 Å². The minimum Gasteiger partial charge on any atom is -0.497 e. The molecule has 2 fully saturated rings. The van der Waals surface area contributed by atoms with E-state index in [-0.39, 0.29) is 17.7 Å². The number of carbonyl (C=O) groups is 1. The van der Waals surface area contributed by atoms with Crippen molar-refractivity contribution < 1.29 is 19.0 Å². The van der Waals surface area contributed by atoms with Crippen LogP contribution < -0.4 is 4.74 Å². The van der Waals surface area contributed by atoms with Crippen molar-refractivity contribution in [2.45, 2.75) is 50.4 Å². The topological polar surface area (TPSA) is 48.1 Å². The third-order valence-electron chi connectivity index (χ3n) is 4.24. The quantitative estimate of drug-likeness (QED) is 0.626. The van der Waals surface area contributed by atoms with Gasteiger partial charge in [-0.2, -0.15) is 0 Å². The Morgan fingerprint density at radius 3 is 2.30 bits per heavy atom. The molecule has 3 rings (SSSR count). The van der Waals surface area contributed by atoms with Crippen LogP contribution in [0.5, 0.6) is 5.75 Å². The summed E-state index contributed by atoms with van der Waals surface area (Å²) < 4.78 is 16.5. The number of ether oxygens (including phenoxy) is 3. The van der Waals surface area contributed by atoms with E-state index in [2.05, 4.69) is 0 Å². The number of carbonyl (C=O) groups excluding carboxylic acids is 1. The van der Waals surface area contributed by atoms with Gasteiger partial charge in [0.25, 0.3) is 0 Å². The summed E-state index contributed by atoms with van der Waals surface area (Å²) in [6.45, 7) is 3.71. The van der Waals surface area contributed by atoms with Crippen LogP contribution in [0.2, 0.25) is 0 Å². The van der Waals surface area contributed by atoms with Gasteiger partial charge in [-0.25, -0.2) is 4.79 Å². The monoisotopic (exact) mass is 276 g/mol. The predicted molar refractivity (Wildman–Crippen MR) is 73.6 cm³/mol. The second-order valence-corrected chi connectivity index (χ2v) is 5.81. The molecule has 2 aliphatic rings. The molecule has 0 bridgehead atoms. The summed E-state index contributed by atoms with van der Waals surface area (Å²) in [6, 6.07) is 7.50. The zero-order valence-electron chi connectivity index (χ0n) is 12.1. The van der Waals surface area contributed by atoms with Crippen molar-refractivity contribution in [3.63, 3.8) is 0 Å². The normalized spacial score (nSPS) is 26.2. The second kappa shape index (κ2) is 4.48. The minimum atomic E-state index is -0.901. The van der Waals surface area contributed by atoms with Crippen LogP contribution in [0.25, 0.3) is 0 Å². The standard InChI is InChI=1S/C16H20O4/c1-11(2)19-14(17)16(15(20-16)9-4-10-15)12-5-7-13(18-3)8-6-12/h5-8,11H,4,9-10H2,1-3H3. The van der Waals surface area contributed by atoms with E-state index in [1.54, 1.807) is 7.11 Å². The van der Waals surface area contributed by atoms with Gasteiger partial charge in [0.2, 0.25) is 5.60 Å². The van der Waals surface area contributed by atoms with Crippen molar-refractivity contribution in [1.82, 2.24) is 0 Å². The van der Waals surface area contributed by atoms with Gasteiger partial charge in [0, 0.05) is 0 Å². The summed E-state index contributed by atoms with van der Waals surface area (Å²) in [5.41, 5.74) is -0.362. The number of methoxy groups -OCH3 is 1. The van der Waals surface area contributed by atoms with Gasteiger partial charge in [-0.05, 0) is 50.8 Å². The minimum absolute atomic E-state index is 0.140. The van der Waals surface area contributed by atoms with Crippen LogP contribution in [-0.2, 0) is 19.9 Å². The number of esters is 1. The first kappa shape index (κ1) is 13.4. The molecule has 1 heterocycles. The summed E-state index contributed by atoms with van der Waals surface area (Å²) >= 11 is 0. The smallest absolute Gasteiger partial charge is 0.346 e. The first-order valence-electron chi connectivity index (χ1n) is 7.10. The van der Waals surface area contributed by atoms with Gasteiger partial charge < -0.3 is 14.2 Å². The third-order valence-corrected chi connectivity index (χ3v) is 4.24. The average molecular weight is 276 g/mol.